The van der Waals surface area contributed by atoms with Gasteiger partial charge in [0.05, 0.1) is 0 Å². The Bertz CT molecular complexity index is 210. The highest BCUT2D eigenvalue weighted by atomic mass is 28.4. The van der Waals surface area contributed by atoms with Crippen molar-refractivity contribution in [2.75, 3.05) is 13.2 Å². The van der Waals surface area contributed by atoms with Crippen LogP contribution in [0.2, 0.25) is 24.2 Å². The lowest BCUT2D eigenvalue weighted by Gasteiger charge is -2.29. The fourth-order valence-corrected chi connectivity index (χ4v) is 8.89. The van der Waals surface area contributed by atoms with Gasteiger partial charge in [-0.1, -0.05) is 39.1 Å². The lowest BCUT2D eigenvalue weighted by molar-refractivity contribution is 0.326. The molecule has 0 aromatic rings. The highest BCUT2D eigenvalue weighted by molar-refractivity contribution is 6.84. The van der Waals surface area contributed by atoms with Crippen molar-refractivity contribution in [3.63, 3.8) is 0 Å². The van der Waals surface area contributed by atoms with Gasteiger partial charge in [-0.15, -0.1) is 0 Å². The van der Waals surface area contributed by atoms with Crippen LogP contribution in [0.15, 0.2) is 11.4 Å². The number of hydrogen-bond donors (Lipinski definition) is 0. The van der Waals surface area contributed by atoms with Crippen LogP contribution >= 0.6 is 0 Å². The topological polar surface area (TPSA) is 18.5 Å². The van der Waals surface area contributed by atoms with Gasteiger partial charge in [0.15, 0.2) is 0 Å². The van der Waals surface area contributed by atoms with Crippen molar-refractivity contribution in [3.05, 3.63) is 11.4 Å². The Morgan fingerprint density at radius 1 is 0.611 bits per heavy atom. The van der Waals surface area contributed by atoms with Crippen LogP contribution in [0, 0.1) is 0 Å². The fraction of sp³-hybridized carbons (Fsp3) is 0.857. The predicted octanol–water partition coefficient (Wildman–Crippen LogP) is 4.66. The van der Waals surface area contributed by atoms with E-state index >= 15 is 0 Å². The Morgan fingerprint density at radius 2 is 0.889 bits per heavy atom. The van der Waals surface area contributed by atoms with Gasteiger partial charge in [0.2, 0.25) is 16.6 Å². The minimum atomic E-state index is -1.64. The monoisotopic (exact) mass is 288 g/mol. The van der Waals surface area contributed by atoms with Crippen molar-refractivity contribution in [2.45, 2.75) is 65.7 Å². The van der Waals surface area contributed by atoms with Crippen molar-refractivity contribution >= 4 is 16.6 Å². The molecule has 0 aliphatic heterocycles. The van der Waals surface area contributed by atoms with Crippen LogP contribution in [-0.2, 0) is 8.85 Å². The van der Waals surface area contributed by atoms with Gasteiger partial charge in [0.1, 0.15) is 0 Å². The van der Waals surface area contributed by atoms with Crippen LogP contribution in [0.25, 0.3) is 0 Å². The van der Waals surface area contributed by atoms with Crippen molar-refractivity contribution in [3.8, 4) is 0 Å². The van der Waals surface area contributed by atoms with E-state index in [1.165, 1.54) is 0 Å². The average Bonchev–Trinajstić information content (AvgIpc) is 2.42. The van der Waals surface area contributed by atoms with E-state index in [1.54, 1.807) is 0 Å². The van der Waals surface area contributed by atoms with Crippen molar-refractivity contribution in [1.29, 1.82) is 0 Å². The van der Waals surface area contributed by atoms with Crippen LogP contribution < -0.4 is 0 Å². The molecule has 0 bridgehead atoms. The molecule has 108 valence electrons. The first kappa shape index (κ1) is 18.1. The van der Waals surface area contributed by atoms with Gasteiger partial charge >= 0.3 is 0 Å². The zero-order valence-corrected chi connectivity index (χ0v) is 15.2. The molecule has 0 heterocycles. The first-order valence-electron chi connectivity index (χ1n) is 7.55. The van der Waals surface area contributed by atoms with Crippen LogP contribution in [-0.4, -0.2) is 29.8 Å². The van der Waals surface area contributed by atoms with Gasteiger partial charge < -0.3 is 8.85 Å². The quantitative estimate of drug-likeness (QED) is 0.544. The Morgan fingerprint density at radius 3 is 1.06 bits per heavy atom. The molecule has 0 atom stereocenters. The minimum absolute atomic E-state index is 0.833. The maximum atomic E-state index is 6.11. The predicted molar refractivity (Wildman–Crippen MR) is 85.8 cm³/mol. The summed E-state index contributed by atoms with van der Waals surface area (Å²) in [4.78, 5) is 0. The summed E-state index contributed by atoms with van der Waals surface area (Å²) in [6.45, 7) is 14.9. The Kier molecular flexibility index (Phi) is 9.12. The van der Waals surface area contributed by atoms with E-state index in [1.807, 2.05) is 0 Å². The van der Waals surface area contributed by atoms with Crippen LogP contribution in [0.1, 0.15) is 41.5 Å². The van der Waals surface area contributed by atoms with Gasteiger partial charge in [0, 0.05) is 13.2 Å². The molecule has 0 spiro atoms. The van der Waals surface area contributed by atoms with E-state index in [2.05, 4.69) is 52.9 Å². The summed E-state index contributed by atoms with van der Waals surface area (Å²) >= 11 is 0. The van der Waals surface area contributed by atoms with Crippen LogP contribution in [0.3, 0.4) is 0 Å². The van der Waals surface area contributed by atoms with Crippen molar-refractivity contribution in [1.82, 2.24) is 0 Å². The number of hydrogen-bond acceptors (Lipinski definition) is 2. The lowest BCUT2D eigenvalue weighted by atomic mass is 10.9. The Labute approximate surface area is 116 Å². The average molecular weight is 289 g/mol. The smallest absolute Gasteiger partial charge is 0.215 e. The fourth-order valence-electron chi connectivity index (χ4n) is 2.35. The zero-order valence-electron chi connectivity index (χ0n) is 13.2. The molecular weight excluding hydrogens is 256 g/mol. The normalized spacial score (nSPS) is 13.4. The van der Waals surface area contributed by atoms with Crippen LogP contribution in [0.5, 0.6) is 0 Å². The Balaban J connectivity index is 5.01. The second-order valence-corrected chi connectivity index (χ2v) is 13.1. The van der Waals surface area contributed by atoms with Crippen molar-refractivity contribution < 1.29 is 8.85 Å². The van der Waals surface area contributed by atoms with E-state index in [0.29, 0.717) is 0 Å². The molecule has 0 amide bonds. The molecule has 0 aliphatic rings. The largest absolute Gasteiger partial charge is 0.413 e. The SMILES string of the molecule is CCO[Si](C=C[Si](CC)(CC)OCC)(CC)CC. The molecule has 0 radical (unpaired) electrons. The van der Waals surface area contributed by atoms with Crippen molar-refractivity contribution in [2.24, 2.45) is 0 Å². The van der Waals surface area contributed by atoms with E-state index in [4.69, 9.17) is 8.85 Å². The van der Waals surface area contributed by atoms with Gasteiger partial charge in [-0.3, -0.25) is 0 Å². The lowest BCUT2D eigenvalue weighted by Crippen LogP contribution is -2.39. The third-order valence-corrected chi connectivity index (χ3v) is 12.3. The second-order valence-electron chi connectivity index (χ2n) is 4.74. The highest BCUT2D eigenvalue weighted by Gasteiger charge is 2.32. The third kappa shape index (κ3) is 4.99. The minimum Gasteiger partial charge on any atom is -0.413 e. The summed E-state index contributed by atoms with van der Waals surface area (Å²) in [6, 6.07) is 4.66. The molecule has 2 nitrogen and oxygen atoms in total. The second kappa shape index (κ2) is 9.07. The summed E-state index contributed by atoms with van der Waals surface area (Å²) in [7, 11) is -3.28. The summed E-state index contributed by atoms with van der Waals surface area (Å²) in [5.41, 5.74) is 4.87. The molecule has 0 saturated heterocycles. The molecule has 4 heteroatoms. The summed E-state index contributed by atoms with van der Waals surface area (Å²) in [5.74, 6) is 0. The highest BCUT2D eigenvalue weighted by Crippen LogP contribution is 2.24. The van der Waals surface area contributed by atoms with E-state index in [9.17, 15) is 0 Å². The molecule has 0 aliphatic carbocycles. The molecule has 0 fully saturated rings. The molecule has 0 saturated carbocycles. The van der Waals surface area contributed by atoms with Gasteiger partial charge in [-0.25, -0.2) is 0 Å². The molecule has 0 aromatic heterocycles. The van der Waals surface area contributed by atoms with Gasteiger partial charge in [0.25, 0.3) is 0 Å². The standard InChI is InChI=1S/C14H32O2Si2/c1-7-15-17(9-3,10-4)13-14-18(11-5,12-6)16-8-2/h13-14H,7-12H2,1-6H3. The van der Waals surface area contributed by atoms with Gasteiger partial charge in [-0.05, 0) is 38.0 Å². The molecule has 0 N–H and O–H groups in total. The molecule has 18 heavy (non-hydrogen) atoms. The molecule has 0 rings (SSSR count). The first-order valence-corrected chi connectivity index (χ1v) is 12.4. The summed E-state index contributed by atoms with van der Waals surface area (Å²) in [6.07, 6.45) is 0. The van der Waals surface area contributed by atoms with E-state index in [0.717, 1.165) is 37.4 Å². The van der Waals surface area contributed by atoms with Crippen LogP contribution in [0.4, 0.5) is 0 Å². The molecule has 0 aromatic carbocycles. The maximum Gasteiger partial charge on any atom is 0.215 e. The maximum absolute atomic E-state index is 6.11. The zero-order chi connectivity index (χ0) is 14.1. The number of rotatable bonds is 10. The molecular formula is C14H32O2Si2. The summed E-state index contributed by atoms with van der Waals surface area (Å²) in [5, 5.41) is 0. The Hall–Kier alpha value is 0.0938. The first-order chi connectivity index (χ1) is 8.57. The third-order valence-electron chi connectivity index (χ3n) is 3.95. The van der Waals surface area contributed by atoms with Gasteiger partial charge in [-0.2, -0.15) is 0 Å². The van der Waals surface area contributed by atoms with E-state index in [-0.39, 0.29) is 0 Å². The molecule has 0 unspecified atom stereocenters. The van der Waals surface area contributed by atoms with E-state index < -0.39 is 16.6 Å². The summed E-state index contributed by atoms with van der Waals surface area (Å²) < 4.78 is 12.2.